The molecule has 0 N–H and O–H groups in total. The SMILES string of the molecule is COc1ccc(S(=O)(=O)N2CC3(CN(C4CCOCC4)C3)C2)c(C)n1. The molecule has 7 nitrogen and oxygen atoms in total. The molecule has 3 fully saturated rings. The maximum absolute atomic E-state index is 12.9. The molecule has 4 rings (SSSR count). The average molecular weight is 367 g/mol. The van der Waals surface area contributed by atoms with Crippen LogP contribution in [0.25, 0.3) is 0 Å². The summed E-state index contributed by atoms with van der Waals surface area (Å²) in [5.41, 5.74) is 0.636. The van der Waals surface area contributed by atoms with E-state index in [1.165, 1.54) is 7.11 Å². The number of aromatic nitrogens is 1. The van der Waals surface area contributed by atoms with Crippen molar-refractivity contribution in [3.63, 3.8) is 0 Å². The lowest BCUT2D eigenvalue weighted by Crippen LogP contribution is -2.74. The first kappa shape index (κ1) is 17.2. The molecule has 1 aromatic heterocycles. The first-order chi connectivity index (χ1) is 11.9. The molecule has 1 aromatic rings. The summed E-state index contributed by atoms with van der Waals surface area (Å²) in [6, 6.07) is 3.81. The van der Waals surface area contributed by atoms with Crippen molar-refractivity contribution >= 4 is 10.0 Å². The molecule has 0 bridgehead atoms. The van der Waals surface area contributed by atoms with Gasteiger partial charge in [0, 0.05) is 56.9 Å². The Labute approximate surface area is 149 Å². The molecule has 0 aliphatic carbocycles. The number of methoxy groups -OCH3 is 1. The summed E-state index contributed by atoms with van der Waals surface area (Å²) in [5, 5.41) is 0. The molecule has 0 atom stereocenters. The van der Waals surface area contributed by atoms with Gasteiger partial charge in [0.25, 0.3) is 0 Å². The van der Waals surface area contributed by atoms with Crippen LogP contribution in [-0.4, -0.2) is 75.2 Å². The largest absolute Gasteiger partial charge is 0.481 e. The Morgan fingerprint density at radius 2 is 1.88 bits per heavy atom. The summed E-state index contributed by atoms with van der Waals surface area (Å²) >= 11 is 0. The molecule has 3 aliphatic heterocycles. The zero-order chi connectivity index (χ0) is 17.7. The van der Waals surface area contributed by atoms with Crippen LogP contribution in [0.4, 0.5) is 0 Å². The third kappa shape index (κ3) is 2.95. The number of pyridine rings is 1. The molecular formula is C17H25N3O4S. The summed E-state index contributed by atoms with van der Waals surface area (Å²) in [6.45, 7) is 6.63. The minimum absolute atomic E-state index is 0.152. The van der Waals surface area contributed by atoms with Crippen molar-refractivity contribution in [3.8, 4) is 5.88 Å². The zero-order valence-corrected chi connectivity index (χ0v) is 15.6. The highest BCUT2D eigenvalue weighted by Crippen LogP contribution is 2.44. The van der Waals surface area contributed by atoms with E-state index in [1.54, 1.807) is 23.4 Å². The summed E-state index contributed by atoms with van der Waals surface area (Å²) in [5.74, 6) is 0.433. The van der Waals surface area contributed by atoms with E-state index in [0.717, 1.165) is 39.1 Å². The third-order valence-electron chi connectivity index (χ3n) is 5.65. The van der Waals surface area contributed by atoms with Gasteiger partial charge in [0.15, 0.2) is 0 Å². The second-order valence-electron chi connectivity index (χ2n) is 7.46. The number of rotatable bonds is 4. The number of hydrogen-bond acceptors (Lipinski definition) is 6. The molecule has 1 spiro atoms. The highest BCUT2D eigenvalue weighted by molar-refractivity contribution is 7.89. The Morgan fingerprint density at radius 3 is 2.48 bits per heavy atom. The molecule has 138 valence electrons. The molecular weight excluding hydrogens is 342 g/mol. The van der Waals surface area contributed by atoms with Crippen LogP contribution in [0, 0.1) is 12.3 Å². The summed E-state index contributed by atoms with van der Waals surface area (Å²) < 4.78 is 37.8. The van der Waals surface area contributed by atoms with Crippen LogP contribution in [0.5, 0.6) is 5.88 Å². The van der Waals surface area contributed by atoms with E-state index in [-0.39, 0.29) is 10.3 Å². The predicted molar refractivity (Wildman–Crippen MR) is 92.1 cm³/mol. The van der Waals surface area contributed by atoms with Crippen molar-refractivity contribution in [2.24, 2.45) is 5.41 Å². The fraction of sp³-hybridized carbons (Fsp3) is 0.706. The van der Waals surface area contributed by atoms with Gasteiger partial charge in [-0.25, -0.2) is 13.4 Å². The summed E-state index contributed by atoms with van der Waals surface area (Å²) in [7, 11) is -1.95. The number of nitrogens with zero attached hydrogens (tertiary/aromatic N) is 3. The average Bonchev–Trinajstić information content (AvgIpc) is 2.52. The van der Waals surface area contributed by atoms with E-state index in [0.29, 0.717) is 30.7 Å². The van der Waals surface area contributed by atoms with E-state index in [9.17, 15) is 8.42 Å². The van der Waals surface area contributed by atoms with Gasteiger partial charge >= 0.3 is 0 Å². The molecule has 4 heterocycles. The van der Waals surface area contributed by atoms with Crippen molar-refractivity contribution in [2.45, 2.75) is 30.7 Å². The Kier molecular flexibility index (Phi) is 4.26. The van der Waals surface area contributed by atoms with Gasteiger partial charge in [-0.15, -0.1) is 0 Å². The third-order valence-corrected chi connectivity index (χ3v) is 7.57. The van der Waals surface area contributed by atoms with Gasteiger partial charge in [-0.1, -0.05) is 0 Å². The maximum atomic E-state index is 12.9. The first-order valence-corrected chi connectivity index (χ1v) is 10.2. The van der Waals surface area contributed by atoms with Gasteiger partial charge < -0.3 is 9.47 Å². The smallest absolute Gasteiger partial charge is 0.244 e. The van der Waals surface area contributed by atoms with Crippen molar-refractivity contribution in [1.82, 2.24) is 14.2 Å². The molecule has 0 saturated carbocycles. The molecule has 0 aromatic carbocycles. The Hall–Kier alpha value is -1.22. The molecule has 3 saturated heterocycles. The minimum Gasteiger partial charge on any atom is -0.481 e. The van der Waals surface area contributed by atoms with Gasteiger partial charge in [-0.2, -0.15) is 4.31 Å². The summed E-state index contributed by atoms with van der Waals surface area (Å²) in [4.78, 5) is 6.97. The highest BCUT2D eigenvalue weighted by atomic mass is 32.2. The van der Waals surface area contributed by atoms with Crippen LogP contribution < -0.4 is 4.74 Å². The zero-order valence-electron chi connectivity index (χ0n) is 14.8. The number of ether oxygens (including phenoxy) is 2. The molecule has 25 heavy (non-hydrogen) atoms. The molecule has 0 unspecified atom stereocenters. The van der Waals surface area contributed by atoms with E-state index in [4.69, 9.17) is 9.47 Å². The number of sulfonamides is 1. The quantitative estimate of drug-likeness (QED) is 0.787. The molecule has 3 aliphatic rings. The lowest BCUT2D eigenvalue weighted by molar-refractivity contribution is -0.116. The normalized spacial score (nSPS) is 24.7. The number of likely N-dealkylation sites (tertiary alicyclic amines) is 1. The van der Waals surface area contributed by atoms with Gasteiger partial charge in [0.1, 0.15) is 4.90 Å². The van der Waals surface area contributed by atoms with Gasteiger partial charge in [0.2, 0.25) is 15.9 Å². The van der Waals surface area contributed by atoms with Crippen LogP contribution in [0.15, 0.2) is 17.0 Å². The monoisotopic (exact) mass is 367 g/mol. The highest BCUT2D eigenvalue weighted by Gasteiger charge is 2.56. The van der Waals surface area contributed by atoms with Crippen molar-refractivity contribution in [2.75, 3.05) is 46.5 Å². The van der Waals surface area contributed by atoms with Gasteiger partial charge in [0.05, 0.1) is 12.8 Å². The Balaban J connectivity index is 1.39. The maximum Gasteiger partial charge on any atom is 0.244 e. The van der Waals surface area contributed by atoms with E-state index in [2.05, 4.69) is 9.88 Å². The molecule has 0 amide bonds. The van der Waals surface area contributed by atoms with Crippen LogP contribution in [0.2, 0.25) is 0 Å². The number of aryl methyl sites for hydroxylation is 1. The van der Waals surface area contributed by atoms with Crippen molar-refractivity contribution in [3.05, 3.63) is 17.8 Å². The van der Waals surface area contributed by atoms with Crippen molar-refractivity contribution < 1.29 is 17.9 Å². The lowest BCUT2D eigenvalue weighted by Gasteiger charge is -2.61. The number of hydrogen-bond donors (Lipinski definition) is 0. The van der Waals surface area contributed by atoms with E-state index >= 15 is 0 Å². The van der Waals surface area contributed by atoms with Crippen molar-refractivity contribution in [1.29, 1.82) is 0 Å². The minimum atomic E-state index is -3.47. The predicted octanol–water partition coefficient (Wildman–Crippen LogP) is 0.884. The topological polar surface area (TPSA) is 72.0 Å². The van der Waals surface area contributed by atoms with Crippen LogP contribution in [0.1, 0.15) is 18.5 Å². The van der Waals surface area contributed by atoms with Gasteiger partial charge in [-0.05, 0) is 25.8 Å². The second kappa shape index (κ2) is 6.19. The summed E-state index contributed by atoms with van der Waals surface area (Å²) in [6.07, 6.45) is 2.18. The van der Waals surface area contributed by atoms with Crippen LogP contribution in [0.3, 0.4) is 0 Å². The molecule has 8 heteroatoms. The fourth-order valence-electron chi connectivity index (χ4n) is 4.25. The van der Waals surface area contributed by atoms with Crippen LogP contribution in [-0.2, 0) is 14.8 Å². The van der Waals surface area contributed by atoms with Gasteiger partial charge in [-0.3, -0.25) is 4.90 Å². The lowest BCUT2D eigenvalue weighted by atomic mass is 9.73. The van der Waals surface area contributed by atoms with E-state index in [1.807, 2.05) is 0 Å². The standard InChI is InChI=1S/C17H25N3O4S/c1-13-15(3-4-16(18-13)23-2)25(21,22)20-11-17(12-20)9-19(10-17)14-5-7-24-8-6-14/h3-4,14H,5-12H2,1-2H3. The second-order valence-corrected chi connectivity index (χ2v) is 9.37. The molecule has 0 radical (unpaired) electrons. The van der Waals surface area contributed by atoms with E-state index < -0.39 is 10.0 Å². The Morgan fingerprint density at radius 1 is 1.20 bits per heavy atom. The fourth-order valence-corrected chi connectivity index (χ4v) is 6.07. The Bertz CT molecular complexity index is 747. The van der Waals surface area contributed by atoms with Crippen LogP contribution >= 0.6 is 0 Å². The first-order valence-electron chi connectivity index (χ1n) is 8.77.